The van der Waals surface area contributed by atoms with E-state index in [0.29, 0.717) is 6.08 Å². The molecule has 7 heteroatoms. The summed E-state index contributed by atoms with van der Waals surface area (Å²) in [5.41, 5.74) is 0.932. The molecule has 1 aliphatic rings. The molecular weight excluding hydrogens is 408 g/mol. The molecule has 0 fully saturated rings. The van der Waals surface area contributed by atoms with E-state index < -0.39 is 17.5 Å². The second kappa shape index (κ2) is 7.26. The van der Waals surface area contributed by atoms with Crippen molar-refractivity contribution in [1.82, 2.24) is 0 Å². The summed E-state index contributed by atoms with van der Waals surface area (Å²) in [4.78, 5) is 12.4. The fourth-order valence-electron chi connectivity index (χ4n) is 2.98. The summed E-state index contributed by atoms with van der Waals surface area (Å²) in [7, 11) is 0. The molecule has 0 aliphatic heterocycles. The number of carbonyl (C=O) groups excluding carboxylic acids is 1. The van der Waals surface area contributed by atoms with Crippen molar-refractivity contribution in [2.75, 3.05) is 0 Å². The molecule has 0 aromatic heterocycles. The van der Waals surface area contributed by atoms with Gasteiger partial charge in [-0.1, -0.05) is 46.9 Å². The molecule has 0 bridgehead atoms. The van der Waals surface area contributed by atoms with Gasteiger partial charge in [-0.05, 0) is 60.2 Å². The molecule has 0 unspecified atom stereocenters. The monoisotopic (exact) mass is 418 g/mol. The summed E-state index contributed by atoms with van der Waals surface area (Å²) in [5, 5.41) is -0.271. The van der Waals surface area contributed by atoms with Gasteiger partial charge in [0, 0.05) is 5.56 Å². The van der Waals surface area contributed by atoms with Crippen LogP contribution in [0, 0.1) is 0 Å². The number of alkyl halides is 3. The van der Waals surface area contributed by atoms with Gasteiger partial charge in [0.15, 0.2) is 5.78 Å². The Kier molecular flexibility index (Phi) is 5.38. The van der Waals surface area contributed by atoms with Crippen LogP contribution in [0.4, 0.5) is 13.2 Å². The van der Waals surface area contributed by atoms with E-state index in [9.17, 15) is 18.0 Å². The van der Waals surface area contributed by atoms with Crippen molar-refractivity contribution in [3.05, 3.63) is 73.7 Å². The van der Waals surface area contributed by atoms with E-state index in [2.05, 4.69) is 0 Å². The smallest absolute Gasteiger partial charge is 0.289 e. The first-order valence-electron chi connectivity index (χ1n) is 7.77. The van der Waals surface area contributed by atoms with Crippen LogP contribution in [0.2, 0.25) is 15.1 Å². The van der Waals surface area contributed by atoms with Crippen molar-refractivity contribution in [3.8, 4) is 0 Å². The fourth-order valence-corrected chi connectivity index (χ4v) is 3.58. The maximum absolute atomic E-state index is 13.5. The van der Waals surface area contributed by atoms with Gasteiger partial charge in [-0.25, -0.2) is 0 Å². The molecule has 0 saturated carbocycles. The van der Waals surface area contributed by atoms with Crippen LogP contribution in [-0.2, 0) is 12.8 Å². The molecule has 0 spiro atoms. The maximum Gasteiger partial charge on any atom is 0.417 e. The number of benzene rings is 2. The van der Waals surface area contributed by atoms with Crippen molar-refractivity contribution >= 4 is 46.2 Å². The van der Waals surface area contributed by atoms with Crippen molar-refractivity contribution in [2.45, 2.75) is 25.4 Å². The van der Waals surface area contributed by atoms with Crippen molar-refractivity contribution in [3.63, 3.8) is 0 Å². The zero-order valence-corrected chi connectivity index (χ0v) is 15.5. The summed E-state index contributed by atoms with van der Waals surface area (Å²) in [6.45, 7) is 0. The predicted octanol–water partition coefficient (Wildman–Crippen LogP) is 6.96. The molecule has 3 rings (SSSR count). The second-order valence-electron chi connectivity index (χ2n) is 6.01. The maximum atomic E-state index is 13.5. The molecule has 2 aromatic carbocycles. The topological polar surface area (TPSA) is 17.1 Å². The van der Waals surface area contributed by atoms with Gasteiger partial charge in [0.2, 0.25) is 0 Å². The Hall–Kier alpha value is -1.49. The average Bonchev–Trinajstić information content (AvgIpc) is 3.03. The third-order valence-electron chi connectivity index (χ3n) is 4.26. The van der Waals surface area contributed by atoms with E-state index in [1.807, 2.05) is 0 Å². The number of halogens is 6. The van der Waals surface area contributed by atoms with Crippen LogP contribution in [0.5, 0.6) is 0 Å². The lowest BCUT2D eigenvalue weighted by molar-refractivity contribution is -0.0689. The van der Waals surface area contributed by atoms with Gasteiger partial charge in [0.25, 0.3) is 0 Å². The Morgan fingerprint density at radius 1 is 0.923 bits per heavy atom. The second-order valence-corrected chi connectivity index (χ2v) is 7.20. The lowest BCUT2D eigenvalue weighted by Gasteiger charge is -2.14. The Balaban J connectivity index is 2.04. The Labute approximate surface area is 163 Å². The van der Waals surface area contributed by atoms with E-state index in [4.69, 9.17) is 34.8 Å². The van der Waals surface area contributed by atoms with Crippen LogP contribution < -0.4 is 0 Å². The minimum Gasteiger partial charge on any atom is -0.289 e. The first-order valence-corrected chi connectivity index (χ1v) is 8.90. The van der Waals surface area contributed by atoms with E-state index in [-0.39, 0.29) is 26.2 Å². The molecular formula is C19H12Cl3F3O. The summed E-state index contributed by atoms with van der Waals surface area (Å²) in [5.74, 6) is -0.728. The van der Waals surface area contributed by atoms with E-state index >= 15 is 0 Å². The zero-order chi connectivity index (χ0) is 19.1. The van der Waals surface area contributed by atoms with Gasteiger partial charge < -0.3 is 0 Å². The van der Waals surface area contributed by atoms with Gasteiger partial charge >= 0.3 is 6.18 Å². The van der Waals surface area contributed by atoms with Crippen LogP contribution >= 0.6 is 34.8 Å². The summed E-state index contributed by atoms with van der Waals surface area (Å²) < 4.78 is 40.6. The molecule has 0 amide bonds. The van der Waals surface area contributed by atoms with Crippen LogP contribution in [-0.4, -0.2) is 12.0 Å². The van der Waals surface area contributed by atoms with E-state index in [1.54, 1.807) is 18.2 Å². The molecule has 0 radical (unpaired) electrons. The van der Waals surface area contributed by atoms with E-state index in [0.717, 1.165) is 42.5 Å². The van der Waals surface area contributed by atoms with E-state index in [1.165, 1.54) is 0 Å². The number of allylic oxidation sites excluding steroid dienone is 2. The number of hydrogen-bond donors (Lipinski definition) is 0. The average molecular weight is 420 g/mol. The molecule has 0 atom stereocenters. The Bertz CT molecular complexity index is 894. The highest BCUT2D eigenvalue weighted by Gasteiger charge is 2.36. The van der Waals surface area contributed by atoms with Gasteiger partial charge in [-0.3, -0.25) is 4.79 Å². The number of rotatable bonds is 3. The minimum absolute atomic E-state index is 0.0384. The molecule has 2 aromatic rings. The highest BCUT2D eigenvalue weighted by molar-refractivity contribution is 6.48. The first-order chi connectivity index (χ1) is 12.2. The fraction of sp³-hybridized carbons (Fsp3) is 0.211. The van der Waals surface area contributed by atoms with Gasteiger partial charge in [0.05, 0.1) is 20.6 Å². The molecule has 1 nitrogen and oxygen atoms in total. The van der Waals surface area contributed by atoms with Gasteiger partial charge in [0.1, 0.15) is 0 Å². The van der Waals surface area contributed by atoms with Crippen LogP contribution in [0.1, 0.15) is 33.5 Å². The summed E-state index contributed by atoms with van der Waals surface area (Å²) >= 11 is 17.5. The number of aryl methyl sites for hydroxylation is 2. The van der Waals surface area contributed by atoms with Gasteiger partial charge in [-0.2, -0.15) is 13.2 Å². The quantitative estimate of drug-likeness (QED) is 0.298. The van der Waals surface area contributed by atoms with Crippen molar-refractivity contribution in [2.24, 2.45) is 0 Å². The van der Waals surface area contributed by atoms with Gasteiger partial charge in [-0.15, -0.1) is 0 Å². The molecule has 136 valence electrons. The largest absolute Gasteiger partial charge is 0.417 e. The third kappa shape index (κ3) is 3.93. The third-order valence-corrected chi connectivity index (χ3v) is 5.46. The highest BCUT2D eigenvalue weighted by Crippen LogP contribution is 2.39. The lowest BCUT2D eigenvalue weighted by atomic mass is 9.99. The number of hydrogen-bond acceptors (Lipinski definition) is 1. The number of fused-ring (bicyclic) bond motifs is 1. The van der Waals surface area contributed by atoms with Crippen LogP contribution in [0.3, 0.4) is 0 Å². The van der Waals surface area contributed by atoms with Crippen LogP contribution in [0.25, 0.3) is 5.57 Å². The summed E-state index contributed by atoms with van der Waals surface area (Å²) in [6.07, 6.45) is -1.44. The summed E-state index contributed by atoms with van der Waals surface area (Å²) in [6, 6.07) is 7.11. The molecule has 26 heavy (non-hydrogen) atoms. The van der Waals surface area contributed by atoms with Crippen molar-refractivity contribution < 1.29 is 18.0 Å². The predicted molar refractivity (Wildman–Crippen MR) is 98.3 cm³/mol. The number of ketones is 1. The highest BCUT2D eigenvalue weighted by atomic mass is 35.5. The van der Waals surface area contributed by atoms with Crippen molar-refractivity contribution in [1.29, 1.82) is 0 Å². The molecule has 1 aliphatic carbocycles. The Morgan fingerprint density at radius 3 is 2.15 bits per heavy atom. The normalized spacial score (nSPS) is 14.5. The molecule has 0 saturated heterocycles. The Morgan fingerprint density at radius 2 is 1.54 bits per heavy atom. The minimum atomic E-state index is -4.76. The lowest BCUT2D eigenvalue weighted by Crippen LogP contribution is -2.13. The SMILES string of the molecule is O=C(/C=C(/c1cc(Cl)c(Cl)c(Cl)c1)C(F)(F)F)c1ccc2c(c1)CCC2. The standard InChI is InChI=1S/C19H12Cl3F3O/c20-15-7-13(8-16(21)18(15)22)14(19(23,24)25)9-17(26)12-5-4-10-2-1-3-11(10)6-12/h4-9H,1-3H2/b14-9-. The zero-order valence-electron chi connectivity index (χ0n) is 13.3. The molecule has 0 heterocycles. The number of carbonyl (C=O) groups is 1. The first kappa shape index (κ1) is 19.3. The molecule has 0 N–H and O–H groups in total. The van der Waals surface area contributed by atoms with Crippen LogP contribution in [0.15, 0.2) is 36.4 Å².